The van der Waals surface area contributed by atoms with Crippen LogP contribution in [0, 0.1) is 5.92 Å². The molecule has 1 aromatic carbocycles. The largest absolute Gasteiger partial charge is 0.494 e. The SMILES string of the molecule is CC1(C)OB(c2ccc(CC3CCN(C(=O)C(F)(F)F)CC3)cc2)OC1(C)C. The molecule has 0 aromatic heterocycles. The van der Waals surface area contributed by atoms with Crippen molar-refractivity contribution >= 4 is 18.5 Å². The van der Waals surface area contributed by atoms with Crippen LogP contribution in [0.3, 0.4) is 0 Å². The zero-order chi connectivity index (χ0) is 20.7. The molecule has 2 fully saturated rings. The predicted molar refractivity (Wildman–Crippen MR) is 101 cm³/mol. The molecule has 0 aliphatic carbocycles. The Morgan fingerprint density at radius 2 is 1.57 bits per heavy atom. The van der Waals surface area contributed by atoms with Gasteiger partial charge in [-0.1, -0.05) is 24.3 Å². The molecule has 8 heteroatoms. The van der Waals surface area contributed by atoms with Gasteiger partial charge in [0.05, 0.1) is 11.2 Å². The first-order valence-electron chi connectivity index (χ1n) is 9.70. The number of likely N-dealkylation sites (tertiary alicyclic amines) is 1. The summed E-state index contributed by atoms with van der Waals surface area (Å²) in [6.07, 6.45) is -2.82. The fourth-order valence-electron chi connectivity index (χ4n) is 3.64. The monoisotopic (exact) mass is 397 g/mol. The molecular weight excluding hydrogens is 370 g/mol. The van der Waals surface area contributed by atoms with Gasteiger partial charge in [-0.05, 0) is 63.9 Å². The van der Waals surface area contributed by atoms with Crippen molar-refractivity contribution in [3.63, 3.8) is 0 Å². The van der Waals surface area contributed by atoms with Crippen LogP contribution < -0.4 is 5.46 Å². The molecule has 0 bridgehead atoms. The van der Waals surface area contributed by atoms with Gasteiger partial charge in [-0.25, -0.2) is 0 Å². The Morgan fingerprint density at radius 1 is 1.07 bits per heavy atom. The van der Waals surface area contributed by atoms with Crippen molar-refractivity contribution in [1.29, 1.82) is 0 Å². The molecular formula is C20H27BF3NO3. The number of alkyl halides is 3. The predicted octanol–water partition coefficient (Wildman–Crippen LogP) is 3.33. The van der Waals surface area contributed by atoms with Crippen molar-refractivity contribution in [2.45, 2.75) is 64.3 Å². The standard InChI is InChI=1S/C20H27BF3NO3/c1-18(2)19(3,4)28-21(27-18)16-7-5-14(6-8-16)13-15-9-11-25(12-10-15)17(26)20(22,23)24/h5-8,15H,9-13H2,1-4H3. The number of piperidine rings is 1. The molecule has 2 aliphatic rings. The lowest BCUT2D eigenvalue weighted by Gasteiger charge is -2.32. The lowest BCUT2D eigenvalue weighted by molar-refractivity contribution is -0.186. The Labute approximate surface area is 164 Å². The molecule has 2 aliphatic heterocycles. The third kappa shape index (κ3) is 4.38. The number of halogens is 3. The van der Waals surface area contributed by atoms with E-state index in [1.165, 1.54) is 0 Å². The van der Waals surface area contributed by atoms with Crippen LogP contribution in [0.2, 0.25) is 0 Å². The Morgan fingerprint density at radius 3 is 2.04 bits per heavy atom. The molecule has 28 heavy (non-hydrogen) atoms. The van der Waals surface area contributed by atoms with Gasteiger partial charge in [-0.2, -0.15) is 13.2 Å². The number of benzene rings is 1. The number of hydrogen-bond acceptors (Lipinski definition) is 3. The average Bonchev–Trinajstić information content (AvgIpc) is 2.82. The smallest absolute Gasteiger partial charge is 0.399 e. The third-order valence-corrected chi connectivity index (χ3v) is 6.17. The molecule has 0 saturated carbocycles. The maximum Gasteiger partial charge on any atom is 0.494 e. The van der Waals surface area contributed by atoms with Gasteiger partial charge in [0.2, 0.25) is 0 Å². The average molecular weight is 397 g/mol. The minimum absolute atomic E-state index is 0.162. The topological polar surface area (TPSA) is 38.8 Å². The first-order chi connectivity index (χ1) is 12.9. The number of carbonyl (C=O) groups excluding carboxylic acids is 1. The van der Waals surface area contributed by atoms with E-state index in [-0.39, 0.29) is 19.0 Å². The van der Waals surface area contributed by atoms with Gasteiger partial charge in [0.15, 0.2) is 0 Å². The molecule has 0 N–H and O–H groups in total. The molecule has 3 rings (SSSR count). The highest BCUT2D eigenvalue weighted by Crippen LogP contribution is 2.36. The maximum absolute atomic E-state index is 12.5. The third-order valence-electron chi connectivity index (χ3n) is 6.17. The van der Waals surface area contributed by atoms with E-state index in [1.54, 1.807) is 0 Å². The van der Waals surface area contributed by atoms with Gasteiger partial charge in [0.25, 0.3) is 0 Å². The van der Waals surface area contributed by atoms with E-state index >= 15 is 0 Å². The maximum atomic E-state index is 12.5. The van der Waals surface area contributed by atoms with E-state index in [4.69, 9.17) is 9.31 Å². The summed E-state index contributed by atoms with van der Waals surface area (Å²) in [5.74, 6) is -1.45. The second kappa shape index (κ2) is 7.37. The minimum Gasteiger partial charge on any atom is -0.399 e. The molecule has 0 radical (unpaired) electrons. The highest BCUT2D eigenvalue weighted by molar-refractivity contribution is 6.62. The van der Waals surface area contributed by atoms with Crippen LogP contribution in [0.15, 0.2) is 24.3 Å². The summed E-state index contributed by atoms with van der Waals surface area (Å²) in [5.41, 5.74) is 1.30. The van der Waals surface area contributed by atoms with E-state index < -0.39 is 30.4 Å². The Balaban J connectivity index is 1.54. The van der Waals surface area contributed by atoms with E-state index in [0.29, 0.717) is 12.8 Å². The second-order valence-electron chi connectivity index (χ2n) is 8.77. The Kier molecular flexibility index (Phi) is 5.58. The van der Waals surface area contributed by atoms with Crippen LogP contribution in [0.4, 0.5) is 13.2 Å². The first kappa shape index (κ1) is 21.2. The molecule has 2 heterocycles. The zero-order valence-electron chi connectivity index (χ0n) is 16.8. The number of hydrogen-bond donors (Lipinski definition) is 0. The van der Waals surface area contributed by atoms with Crippen molar-refractivity contribution < 1.29 is 27.3 Å². The van der Waals surface area contributed by atoms with Crippen LogP contribution in [0.5, 0.6) is 0 Å². The number of amides is 1. The molecule has 4 nitrogen and oxygen atoms in total. The van der Waals surface area contributed by atoms with Crippen molar-refractivity contribution in [2.75, 3.05) is 13.1 Å². The minimum atomic E-state index is -4.78. The van der Waals surface area contributed by atoms with Crippen LogP contribution in [-0.4, -0.2) is 48.4 Å². The van der Waals surface area contributed by atoms with Gasteiger partial charge < -0.3 is 14.2 Å². The summed E-state index contributed by atoms with van der Waals surface area (Å²) >= 11 is 0. The van der Waals surface area contributed by atoms with E-state index in [1.807, 2.05) is 52.0 Å². The molecule has 1 amide bonds. The quantitative estimate of drug-likeness (QED) is 0.735. The van der Waals surface area contributed by atoms with Gasteiger partial charge >= 0.3 is 19.2 Å². The number of nitrogens with zero attached hydrogens (tertiary/aromatic N) is 1. The summed E-state index contributed by atoms with van der Waals surface area (Å²) in [4.78, 5) is 12.2. The van der Waals surface area contributed by atoms with Gasteiger partial charge in [0, 0.05) is 13.1 Å². The lowest BCUT2D eigenvalue weighted by atomic mass is 9.78. The Bertz CT molecular complexity index is 694. The summed E-state index contributed by atoms with van der Waals surface area (Å²) in [6, 6.07) is 8.01. The van der Waals surface area contributed by atoms with Crippen LogP contribution >= 0.6 is 0 Å². The van der Waals surface area contributed by atoms with Gasteiger partial charge in [-0.3, -0.25) is 4.79 Å². The van der Waals surface area contributed by atoms with Gasteiger partial charge in [0.1, 0.15) is 0 Å². The fourth-order valence-corrected chi connectivity index (χ4v) is 3.64. The lowest BCUT2D eigenvalue weighted by Crippen LogP contribution is -2.45. The fraction of sp³-hybridized carbons (Fsp3) is 0.650. The Hall–Kier alpha value is -1.54. The molecule has 1 aromatic rings. The number of rotatable bonds is 3. The molecule has 2 saturated heterocycles. The summed E-state index contributed by atoms with van der Waals surface area (Å²) in [7, 11) is -0.407. The van der Waals surface area contributed by atoms with Crippen LogP contribution in [0.25, 0.3) is 0 Å². The first-order valence-corrected chi connectivity index (χ1v) is 9.70. The van der Waals surface area contributed by atoms with Crippen molar-refractivity contribution in [1.82, 2.24) is 4.90 Å². The number of carbonyl (C=O) groups is 1. The summed E-state index contributed by atoms with van der Waals surface area (Å²) < 4.78 is 49.7. The van der Waals surface area contributed by atoms with Crippen molar-refractivity contribution in [3.8, 4) is 0 Å². The highest BCUT2D eigenvalue weighted by atomic mass is 19.4. The zero-order valence-corrected chi connectivity index (χ0v) is 16.8. The molecule has 0 atom stereocenters. The van der Waals surface area contributed by atoms with Crippen LogP contribution in [0.1, 0.15) is 46.1 Å². The summed E-state index contributed by atoms with van der Waals surface area (Å²) in [5, 5.41) is 0. The van der Waals surface area contributed by atoms with Gasteiger partial charge in [-0.15, -0.1) is 0 Å². The van der Waals surface area contributed by atoms with Crippen molar-refractivity contribution in [3.05, 3.63) is 29.8 Å². The van der Waals surface area contributed by atoms with E-state index in [0.717, 1.165) is 22.3 Å². The highest BCUT2D eigenvalue weighted by Gasteiger charge is 2.51. The van der Waals surface area contributed by atoms with E-state index in [9.17, 15) is 18.0 Å². The molecule has 0 unspecified atom stereocenters. The molecule has 154 valence electrons. The van der Waals surface area contributed by atoms with Crippen LogP contribution in [-0.2, 0) is 20.5 Å². The summed E-state index contributed by atoms with van der Waals surface area (Å²) in [6.45, 7) is 8.37. The van der Waals surface area contributed by atoms with Crippen molar-refractivity contribution in [2.24, 2.45) is 5.92 Å². The van der Waals surface area contributed by atoms with E-state index in [2.05, 4.69) is 0 Å². The molecule has 0 spiro atoms. The second-order valence-corrected chi connectivity index (χ2v) is 8.77. The normalized spacial score (nSPS) is 22.5.